The third-order valence-electron chi connectivity index (χ3n) is 2.42. The topological polar surface area (TPSA) is 38.7 Å². The number of allylic oxidation sites excluding steroid dienone is 3. The molecule has 0 radical (unpaired) electrons. The monoisotopic (exact) mass is 269 g/mol. The Hall–Kier alpha value is -1.03. The minimum absolute atomic E-state index is 0.230. The Kier molecular flexibility index (Phi) is 9.38. The molecule has 0 aromatic carbocycles. The van der Waals surface area contributed by atoms with E-state index in [2.05, 4.69) is 18.0 Å². The van der Waals surface area contributed by atoms with Gasteiger partial charge in [0, 0.05) is 0 Å². The zero-order chi connectivity index (χ0) is 14.0. The van der Waals surface area contributed by atoms with Gasteiger partial charge in [-0.05, 0) is 32.1 Å². The molecule has 0 N–H and O–H groups in total. The first-order valence-electron chi connectivity index (χ1n) is 6.17. The van der Waals surface area contributed by atoms with Crippen LogP contribution in [0, 0.1) is 5.92 Å². The smallest absolute Gasteiger partial charge is 0.314 e. The second kappa shape index (κ2) is 9.95. The Morgan fingerprint density at radius 3 is 2.50 bits per heavy atom. The molecule has 0 aromatic heterocycles. The molecule has 0 aromatic rings. The number of methoxy groups -OCH3 is 1. The second-order valence-corrected chi connectivity index (χ2v) is 4.50. The van der Waals surface area contributed by atoms with Gasteiger partial charge < -0.3 is 4.74 Å². The van der Waals surface area contributed by atoms with Gasteiger partial charge in [0.25, 0.3) is 0 Å². The Bertz CT molecular complexity index is 346. The lowest BCUT2D eigenvalue weighted by Gasteiger charge is -2.13. The number of rotatable bonds is 7. The van der Waals surface area contributed by atoms with E-state index in [0.29, 0.717) is 6.42 Å². The number of carbonyl (C=O) groups excluding carboxylic acids is 1. The maximum Gasteiger partial charge on any atom is 0.314 e. The second-order valence-electron chi connectivity index (χ2n) is 3.68. The summed E-state index contributed by atoms with van der Waals surface area (Å²) >= 11 is 1.58. The van der Waals surface area contributed by atoms with Crippen LogP contribution in [-0.4, -0.2) is 25.0 Å². The fraction of sp³-hybridized carbons (Fsp3) is 0.571. The first kappa shape index (κ1) is 17.0. The van der Waals surface area contributed by atoms with Crippen LogP contribution in [0.15, 0.2) is 28.2 Å². The van der Waals surface area contributed by atoms with Crippen LogP contribution in [-0.2, 0) is 9.53 Å². The molecular weight excluding hydrogens is 246 g/mol. The molecule has 1 unspecified atom stereocenters. The number of hydrogen-bond donors (Lipinski definition) is 0. The Labute approximate surface area is 114 Å². The van der Waals surface area contributed by atoms with E-state index < -0.39 is 0 Å². The minimum Gasteiger partial charge on any atom is -0.469 e. The molecule has 102 valence electrons. The molecule has 18 heavy (non-hydrogen) atoms. The highest BCUT2D eigenvalue weighted by atomic mass is 32.2. The summed E-state index contributed by atoms with van der Waals surface area (Å²) < 4.78 is 4.83. The number of aliphatic imine (C=N–C) groups is 1. The predicted molar refractivity (Wildman–Crippen MR) is 79.9 cm³/mol. The van der Waals surface area contributed by atoms with Crippen LogP contribution < -0.4 is 0 Å². The van der Waals surface area contributed by atoms with Crippen LogP contribution in [0.3, 0.4) is 0 Å². The van der Waals surface area contributed by atoms with Gasteiger partial charge in [-0.2, -0.15) is 0 Å². The van der Waals surface area contributed by atoms with Gasteiger partial charge in [0.05, 0.1) is 23.8 Å². The molecule has 0 aliphatic rings. The Morgan fingerprint density at radius 2 is 2.11 bits per heavy atom. The van der Waals surface area contributed by atoms with Crippen LogP contribution >= 0.6 is 11.8 Å². The number of esters is 1. The minimum atomic E-state index is -0.293. The summed E-state index contributed by atoms with van der Waals surface area (Å²) in [6.07, 6.45) is 9.43. The molecule has 0 aliphatic carbocycles. The maximum absolute atomic E-state index is 11.7. The fourth-order valence-electron chi connectivity index (χ4n) is 1.52. The van der Waals surface area contributed by atoms with Crippen molar-refractivity contribution < 1.29 is 9.53 Å². The standard InChI is InChI=1S/C14H23NO2S/c1-6-9-12(11(8-3)14(16)17-4)15-13(18-5)10-7-2/h6,9-11H,7-8H2,1-5H3/b9-6-,13-10-,15-12-. The highest BCUT2D eigenvalue weighted by molar-refractivity contribution is 8.02. The number of ether oxygens (including phenoxy) is 1. The summed E-state index contributed by atoms with van der Waals surface area (Å²) in [4.78, 5) is 16.3. The SMILES string of the molecule is C\C=C/C(=N/C(=C/CC)SC)C(CC)C(=O)OC. The van der Waals surface area contributed by atoms with E-state index in [9.17, 15) is 4.79 Å². The number of nitrogens with zero attached hydrogens (tertiary/aromatic N) is 1. The van der Waals surface area contributed by atoms with E-state index in [0.717, 1.165) is 17.2 Å². The maximum atomic E-state index is 11.7. The number of hydrogen-bond acceptors (Lipinski definition) is 4. The van der Waals surface area contributed by atoms with Crippen molar-refractivity contribution in [1.29, 1.82) is 0 Å². The molecule has 0 fully saturated rings. The molecule has 0 amide bonds. The molecule has 0 saturated carbocycles. The van der Waals surface area contributed by atoms with Crippen LogP contribution in [0.4, 0.5) is 0 Å². The molecule has 0 rings (SSSR count). The van der Waals surface area contributed by atoms with Crippen molar-refractivity contribution in [3.05, 3.63) is 23.3 Å². The van der Waals surface area contributed by atoms with Crippen LogP contribution in [0.5, 0.6) is 0 Å². The van der Waals surface area contributed by atoms with Gasteiger partial charge in [-0.25, -0.2) is 4.99 Å². The van der Waals surface area contributed by atoms with Gasteiger partial charge >= 0.3 is 5.97 Å². The highest BCUT2D eigenvalue weighted by Crippen LogP contribution is 2.18. The summed E-state index contributed by atoms with van der Waals surface area (Å²) in [6.45, 7) is 5.95. The van der Waals surface area contributed by atoms with Gasteiger partial charge in [-0.1, -0.05) is 26.0 Å². The van der Waals surface area contributed by atoms with E-state index in [4.69, 9.17) is 4.74 Å². The lowest BCUT2D eigenvalue weighted by Crippen LogP contribution is -2.23. The molecule has 4 heteroatoms. The van der Waals surface area contributed by atoms with Gasteiger partial charge in [-0.3, -0.25) is 4.79 Å². The van der Waals surface area contributed by atoms with Gasteiger partial charge in [-0.15, -0.1) is 11.8 Å². The van der Waals surface area contributed by atoms with E-state index in [-0.39, 0.29) is 11.9 Å². The van der Waals surface area contributed by atoms with Crippen LogP contribution in [0.2, 0.25) is 0 Å². The van der Waals surface area contributed by atoms with Gasteiger partial charge in [0.15, 0.2) is 0 Å². The first-order valence-corrected chi connectivity index (χ1v) is 7.40. The van der Waals surface area contributed by atoms with Crippen molar-refractivity contribution in [3.63, 3.8) is 0 Å². The third-order valence-corrected chi connectivity index (χ3v) is 3.09. The van der Waals surface area contributed by atoms with Crippen molar-refractivity contribution in [2.45, 2.75) is 33.6 Å². The molecule has 0 aliphatic heterocycles. The van der Waals surface area contributed by atoms with E-state index in [1.807, 2.05) is 32.3 Å². The predicted octanol–water partition coefficient (Wildman–Crippen LogP) is 3.82. The zero-order valence-corrected chi connectivity index (χ0v) is 12.7. The fourth-order valence-corrected chi connectivity index (χ4v) is 2.05. The van der Waals surface area contributed by atoms with E-state index in [1.165, 1.54) is 7.11 Å². The summed E-state index contributed by atoms with van der Waals surface area (Å²) in [5.41, 5.74) is 0.765. The average Bonchev–Trinajstić information content (AvgIpc) is 2.38. The van der Waals surface area contributed by atoms with Gasteiger partial charge in [0.1, 0.15) is 0 Å². The highest BCUT2D eigenvalue weighted by Gasteiger charge is 2.21. The Morgan fingerprint density at radius 1 is 1.44 bits per heavy atom. The molecule has 0 spiro atoms. The van der Waals surface area contributed by atoms with Crippen molar-refractivity contribution >= 4 is 23.4 Å². The number of carbonyl (C=O) groups is 1. The molecule has 0 bridgehead atoms. The summed E-state index contributed by atoms with van der Waals surface area (Å²) in [5.74, 6) is -0.523. The van der Waals surface area contributed by atoms with E-state index >= 15 is 0 Å². The van der Waals surface area contributed by atoms with E-state index in [1.54, 1.807) is 11.8 Å². The quantitative estimate of drug-likeness (QED) is 0.521. The Balaban J connectivity index is 5.32. The number of thioether (sulfide) groups is 1. The lowest BCUT2D eigenvalue weighted by atomic mass is 10.00. The van der Waals surface area contributed by atoms with Crippen molar-refractivity contribution in [2.75, 3.05) is 13.4 Å². The summed E-state index contributed by atoms with van der Waals surface area (Å²) in [5, 5.41) is 0.938. The lowest BCUT2D eigenvalue weighted by molar-refractivity contribution is -0.143. The first-order chi connectivity index (χ1) is 8.64. The van der Waals surface area contributed by atoms with Crippen LogP contribution in [0.25, 0.3) is 0 Å². The third kappa shape index (κ3) is 5.54. The van der Waals surface area contributed by atoms with Crippen molar-refractivity contribution in [2.24, 2.45) is 10.9 Å². The largest absolute Gasteiger partial charge is 0.469 e. The zero-order valence-electron chi connectivity index (χ0n) is 11.9. The van der Waals surface area contributed by atoms with Crippen molar-refractivity contribution in [3.8, 4) is 0 Å². The molecular formula is C14H23NO2S. The average molecular weight is 269 g/mol. The van der Waals surface area contributed by atoms with Crippen molar-refractivity contribution in [1.82, 2.24) is 0 Å². The molecule has 3 nitrogen and oxygen atoms in total. The molecule has 1 atom stereocenters. The molecule has 0 saturated heterocycles. The summed E-state index contributed by atoms with van der Waals surface area (Å²) in [7, 11) is 1.41. The van der Waals surface area contributed by atoms with Crippen LogP contribution in [0.1, 0.15) is 33.6 Å². The molecule has 0 heterocycles. The summed E-state index contributed by atoms with van der Waals surface area (Å²) in [6, 6.07) is 0. The van der Waals surface area contributed by atoms with Gasteiger partial charge in [0.2, 0.25) is 0 Å². The normalized spacial score (nSPS) is 14.9.